The van der Waals surface area contributed by atoms with E-state index in [1.54, 1.807) is 11.6 Å². The van der Waals surface area contributed by atoms with Gasteiger partial charge in [0.05, 0.1) is 0 Å². The molecule has 7 heavy (non-hydrogen) atoms. The summed E-state index contributed by atoms with van der Waals surface area (Å²) in [6, 6.07) is 0. The Kier molecular flexibility index (Phi) is 1.20. The van der Waals surface area contributed by atoms with Crippen LogP contribution >= 0.6 is 11.9 Å². The van der Waals surface area contributed by atoms with E-state index in [2.05, 4.69) is 0 Å². The Morgan fingerprint density at radius 1 is 1.43 bits per heavy atom. The molecule has 1 aliphatic heterocycles. The molecule has 0 atom stereocenters. The van der Waals surface area contributed by atoms with Crippen molar-refractivity contribution in [2.24, 2.45) is 11.7 Å². The van der Waals surface area contributed by atoms with Crippen molar-refractivity contribution in [2.45, 2.75) is 0 Å². The van der Waals surface area contributed by atoms with Crippen LogP contribution in [0.15, 0.2) is 11.6 Å². The van der Waals surface area contributed by atoms with Crippen LogP contribution in [0.1, 0.15) is 0 Å². The SMILES string of the molecule is NN1C=CSN1N. The molecule has 4 nitrogen and oxygen atoms in total. The van der Waals surface area contributed by atoms with Crippen molar-refractivity contribution in [3.05, 3.63) is 11.6 Å². The minimum atomic E-state index is 1.30. The lowest BCUT2D eigenvalue weighted by Gasteiger charge is -2.14. The van der Waals surface area contributed by atoms with Gasteiger partial charge in [-0.3, -0.25) is 0 Å². The molecule has 0 aromatic heterocycles. The third kappa shape index (κ3) is 0.859. The molecule has 0 spiro atoms. The van der Waals surface area contributed by atoms with E-state index in [9.17, 15) is 0 Å². The lowest BCUT2D eigenvalue weighted by molar-refractivity contribution is 0.147. The average molecular weight is 118 g/mol. The van der Waals surface area contributed by atoms with E-state index in [-0.39, 0.29) is 0 Å². The molecule has 4 N–H and O–H groups in total. The van der Waals surface area contributed by atoms with Crippen molar-refractivity contribution in [2.75, 3.05) is 0 Å². The van der Waals surface area contributed by atoms with Crippen molar-refractivity contribution < 1.29 is 0 Å². The van der Waals surface area contributed by atoms with Crippen LogP contribution in [0, 0.1) is 0 Å². The summed E-state index contributed by atoms with van der Waals surface area (Å²) in [4.78, 5) is 0. The Morgan fingerprint density at radius 2 is 2.14 bits per heavy atom. The van der Waals surface area contributed by atoms with Gasteiger partial charge in [-0.25, -0.2) is 16.8 Å². The zero-order valence-corrected chi connectivity index (χ0v) is 4.43. The Morgan fingerprint density at radius 3 is 2.29 bits per heavy atom. The topological polar surface area (TPSA) is 58.5 Å². The van der Waals surface area contributed by atoms with Gasteiger partial charge < -0.3 is 0 Å². The largest absolute Gasteiger partial charge is 0.239 e. The standard InChI is InChI=1S/C2H6N4S/c3-5-1-2-7-6(5)4/h1-2H,3-4H2. The summed E-state index contributed by atoms with van der Waals surface area (Å²) in [6.07, 6.45) is 1.67. The zero-order chi connectivity index (χ0) is 5.28. The summed E-state index contributed by atoms with van der Waals surface area (Å²) in [6.45, 7) is 0. The van der Waals surface area contributed by atoms with Crippen molar-refractivity contribution in [1.82, 2.24) is 9.64 Å². The van der Waals surface area contributed by atoms with Gasteiger partial charge in [0.25, 0.3) is 0 Å². The highest BCUT2D eigenvalue weighted by Crippen LogP contribution is 2.13. The summed E-state index contributed by atoms with van der Waals surface area (Å²) >= 11 is 1.34. The van der Waals surface area contributed by atoms with Gasteiger partial charge in [0.15, 0.2) is 0 Å². The summed E-state index contributed by atoms with van der Waals surface area (Å²) in [5, 5.41) is 3.09. The smallest absolute Gasteiger partial charge is 0.0442 e. The van der Waals surface area contributed by atoms with E-state index in [0.29, 0.717) is 0 Å². The average Bonchev–Trinajstić information content (AvgIpc) is 1.91. The fourth-order valence-corrected chi connectivity index (χ4v) is 0.739. The molecule has 0 aromatic rings. The molecule has 0 unspecified atom stereocenters. The number of nitrogens with zero attached hydrogens (tertiary/aromatic N) is 2. The van der Waals surface area contributed by atoms with Crippen molar-refractivity contribution in [3.63, 3.8) is 0 Å². The number of rotatable bonds is 0. The summed E-state index contributed by atoms with van der Waals surface area (Å²) in [5.41, 5.74) is 0. The van der Waals surface area contributed by atoms with Crippen molar-refractivity contribution in [1.29, 1.82) is 0 Å². The number of hydrogen-bond acceptors (Lipinski definition) is 5. The number of hydrazine groups is 3. The number of hydrogen-bond donors (Lipinski definition) is 2. The maximum Gasteiger partial charge on any atom is 0.0442 e. The van der Waals surface area contributed by atoms with Crippen molar-refractivity contribution >= 4 is 11.9 Å². The first kappa shape index (κ1) is 4.92. The molecule has 0 aromatic carbocycles. The second-order valence-electron chi connectivity index (χ2n) is 1.07. The van der Waals surface area contributed by atoms with Crippen LogP contribution in [0.4, 0.5) is 0 Å². The van der Waals surface area contributed by atoms with E-state index in [1.807, 2.05) is 0 Å². The Bertz CT molecular complexity index is 91.7. The molecule has 0 radical (unpaired) electrons. The van der Waals surface area contributed by atoms with Gasteiger partial charge in [0, 0.05) is 11.6 Å². The molecule has 0 amide bonds. The van der Waals surface area contributed by atoms with E-state index in [0.717, 1.165) is 0 Å². The molecule has 0 saturated carbocycles. The summed E-state index contributed by atoms with van der Waals surface area (Å²) in [7, 11) is 0. The van der Waals surface area contributed by atoms with Gasteiger partial charge in [-0.2, -0.15) is 0 Å². The van der Waals surface area contributed by atoms with Crippen LogP contribution in [0.2, 0.25) is 0 Å². The fraction of sp³-hybridized carbons (Fsp3) is 0. The molecular formula is C2H6N4S. The first-order valence-electron chi connectivity index (χ1n) is 1.73. The van der Waals surface area contributed by atoms with Crippen LogP contribution in [-0.4, -0.2) is 9.64 Å². The molecule has 1 heterocycles. The van der Waals surface area contributed by atoms with Crippen LogP contribution < -0.4 is 11.7 Å². The van der Waals surface area contributed by atoms with Gasteiger partial charge in [-0.15, -0.1) is 0 Å². The highest BCUT2D eigenvalue weighted by atomic mass is 32.2. The highest BCUT2D eigenvalue weighted by molar-refractivity contribution is 7.99. The lowest BCUT2D eigenvalue weighted by Crippen LogP contribution is -2.40. The first-order chi connectivity index (χ1) is 3.30. The van der Waals surface area contributed by atoms with E-state index >= 15 is 0 Å². The summed E-state index contributed by atoms with van der Waals surface area (Å²) in [5.74, 6) is 10.4. The van der Waals surface area contributed by atoms with Crippen LogP contribution in [0.3, 0.4) is 0 Å². The van der Waals surface area contributed by atoms with Gasteiger partial charge in [-0.05, 0) is 11.9 Å². The third-order valence-corrected chi connectivity index (χ3v) is 1.26. The van der Waals surface area contributed by atoms with Gasteiger partial charge in [-0.1, -0.05) is 4.52 Å². The Labute approximate surface area is 45.8 Å². The van der Waals surface area contributed by atoms with Gasteiger partial charge in [0.2, 0.25) is 0 Å². The van der Waals surface area contributed by atoms with Gasteiger partial charge in [0.1, 0.15) is 0 Å². The normalized spacial score (nSPS) is 21.7. The molecular weight excluding hydrogens is 112 g/mol. The molecule has 1 rings (SSSR count). The molecule has 1 aliphatic rings. The quantitative estimate of drug-likeness (QED) is 0.328. The predicted octanol–water partition coefficient (Wildman–Crippen LogP) is -0.614. The molecule has 40 valence electrons. The second kappa shape index (κ2) is 1.71. The van der Waals surface area contributed by atoms with Crippen LogP contribution in [0.5, 0.6) is 0 Å². The minimum absolute atomic E-state index is 1.30. The zero-order valence-electron chi connectivity index (χ0n) is 3.61. The van der Waals surface area contributed by atoms with E-state index in [1.165, 1.54) is 21.6 Å². The van der Waals surface area contributed by atoms with Crippen molar-refractivity contribution in [3.8, 4) is 0 Å². The molecule has 5 heteroatoms. The van der Waals surface area contributed by atoms with E-state index in [4.69, 9.17) is 11.7 Å². The first-order valence-corrected chi connectivity index (χ1v) is 2.56. The predicted molar refractivity (Wildman–Crippen MR) is 28.8 cm³/mol. The number of nitrogens with two attached hydrogens (primary N) is 2. The maximum absolute atomic E-state index is 5.21. The summed E-state index contributed by atoms with van der Waals surface area (Å²) < 4.78 is 1.32. The lowest BCUT2D eigenvalue weighted by atomic mass is 11.0. The molecule has 0 saturated heterocycles. The minimum Gasteiger partial charge on any atom is -0.239 e. The molecule has 0 aliphatic carbocycles. The van der Waals surface area contributed by atoms with E-state index < -0.39 is 0 Å². The Hall–Kier alpha value is -0.230. The molecule has 0 bridgehead atoms. The van der Waals surface area contributed by atoms with Gasteiger partial charge >= 0.3 is 0 Å². The maximum atomic E-state index is 5.21. The monoisotopic (exact) mass is 118 g/mol. The third-order valence-electron chi connectivity index (χ3n) is 0.610. The Balaban J connectivity index is 2.45. The van der Waals surface area contributed by atoms with Crippen LogP contribution in [-0.2, 0) is 0 Å². The van der Waals surface area contributed by atoms with Crippen LogP contribution in [0.25, 0.3) is 0 Å². The molecule has 0 fully saturated rings. The fourth-order valence-electron chi connectivity index (χ4n) is 0.272. The second-order valence-corrected chi connectivity index (χ2v) is 1.93. The highest BCUT2D eigenvalue weighted by Gasteiger charge is 2.05.